The molecule has 208 valence electrons. The molecule has 0 saturated heterocycles. The molecule has 37 heavy (non-hydrogen) atoms. The van der Waals surface area contributed by atoms with Crippen molar-refractivity contribution in [1.82, 2.24) is 0 Å². The largest absolute Gasteiger partial charge is 0.469 e. The Bertz CT molecular complexity index is 881. The topological polar surface area (TPSA) is 78.9 Å². The van der Waals surface area contributed by atoms with Crippen molar-refractivity contribution in [1.29, 1.82) is 0 Å². The monoisotopic (exact) mass is 516 g/mol. The van der Waals surface area contributed by atoms with E-state index >= 15 is 0 Å². The fraction of sp³-hybridized carbons (Fsp3) is 0.839. The van der Waals surface area contributed by atoms with Crippen LogP contribution in [0.2, 0.25) is 0 Å². The van der Waals surface area contributed by atoms with Crippen molar-refractivity contribution in [2.24, 2.45) is 52.8 Å². The van der Waals surface area contributed by atoms with Crippen LogP contribution in [-0.4, -0.2) is 37.2 Å². The van der Waals surface area contributed by atoms with Gasteiger partial charge in [-0.25, -0.2) is 0 Å². The zero-order valence-corrected chi connectivity index (χ0v) is 23.7. The summed E-state index contributed by atoms with van der Waals surface area (Å²) in [6, 6.07) is 0. The zero-order chi connectivity index (χ0) is 26.9. The van der Waals surface area contributed by atoms with Gasteiger partial charge in [0, 0.05) is 25.7 Å². The maximum atomic E-state index is 12.4. The van der Waals surface area contributed by atoms with Crippen molar-refractivity contribution >= 4 is 17.9 Å². The third kappa shape index (κ3) is 5.63. The summed E-state index contributed by atoms with van der Waals surface area (Å²) < 4.78 is 16.8. The molecule has 0 radical (unpaired) electrons. The predicted molar refractivity (Wildman–Crippen MR) is 141 cm³/mol. The molecule has 6 nitrogen and oxygen atoms in total. The van der Waals surface area contributed by atoms with Gasteiger partial charge in [0.05, 0.1) is 7.11 Å². The Hall–Kier alpha value is -1.85. The molecule has 0 aromatic carbocycles. The average molecular weight is 517 g/mol. The van der Waals surface area contributed by atoms with Crippen LogP contribution in [0.15, 0.2) is 12.2 Å². The van der Waals surface area contributed by atoms with Gasteiger partial charge >= 0.3 is 17.9 Å². The van der Waals surface area contributed by atoms with E-state index < -0.39 is 0 Å². The third-order valence-corrected chi connectivity index (χ3v) is 11.0. The molecule has 11 atom stereocenters. The fourth-order valence-corrected chi connectivity index (χ4v) is 9.30. The van der Waals surface area contributed by atoms with Gasteiger partial charge in [0.2, 0.25) is 0 Å². The number of fused-ring (bicyclic) bond motifs is 4. The van der Waals surface area contributed by atoms with Crippen molar-refractivity contribution in [3.05, 3.63) is 12.2 Å². The maximum Gasteiger partial charge on any atom is 0.305 e. The second-order valence-corrected chi connectivity index (χ2v) is 12.8. The van der Waals surface area contributed by atoms with Crippen LogP contribution in [0.25, 0.3) is 0 Å². The van der Waals surface area contributed by atoms with Gasteiger partial charge in [-0.05, 0) is 98.7 Å². The summed E-state index contributed by atoms with van der Waals surface area (Å²) in [5.74, 6) is 3.16. The van der Waals surface area contributed by atoms with Crippen LogP contribution in [0.3, 0.4) is 0 Å². The quantitative estimate of drug-likeness (QED) is 0.240. The highest BCUT2D eigenvalue weighted by Gasteiger charge is 2.61. The van der Waals surface area contributed by atoms with Gasteiger partial charge in [0.15, 0.2) is 0 Å². The minimum absolute atomic E-state index is 0.0210. The first kappa shape index (κ1) is 28.2. The predicted octanol–water partition coefficient (Wildman–Crippen LogP) is 6.12. The van der Waals surface area contributed by atoms with Gasteiger partial charge in [0.25, 0.3) is 0 Å². The van der Waals surface area contributed by atoms with Crippen molar-refractivity contribution < 1.29 is 28.6 Å². The molecule has 0 heterocycles. The van der Waals surface area contributed by atoms with Crippen LogP contribution in [0.4, 0.5) is 0 Å². The Labute approximate surface area is 223 Å². The normalized spacial score (nSPS) is 42.6. The van der Waals surface area contributed by atoms with E-state index in [0.717, 1.165) is 51.4 Å². The highest BCUT2D eigenvalue weighted by atomic mass is 16.5. The van der Waals surface area contributed by atoms with Crippen molar-refractivity contribution in [2.75, 3.05) is 7.11 Å². The van der Waals surface area contributed by atoms with Crippen LogP contribution >= 0.6 is 0 Å². The molecular formula is C31H48O6. The van der Waals surface area contributed by atoms with Crippen LogP contribution in [0.1, 0.15) is 92.4 Å². The Kier molecular flexibility index (Phi) is 8.75. The number of hydrogen-bond donors (Lipinski definition) is 0. The number of esters is 3. The molecule has 4 aliphatic rings. The molecule has 0 N–H and O–H groups in total. The number of ether oxygens (including phenoxy) is 3. The fourth-order valence-electron chi connectivity index (χ4n) is 9.30. The molecule has 2 unspecified atom stereocenters. The summed E-state index contributed by atoms with van der Waals surface area (Å²) >= 11 is 0. The second-order valence-electron chi connectivity index (χ2n) is 12.8. The Morgan fingerprint density at radius 2 is 1.73 bits per heavy atom. The van der Waals surface area contributed by atoms with E-state index in [1.807, 2.05) is 0 Å². The van der Waals surface area contributed by atoms with E-state index in [1.165, 1.54) is 21.0 Å². The van der Waals surface area contributed by atoms with Crippen molar-refractivity contribution in [2.45, 2.75) is 105 Å². The minimum Gasteiger partial charge on any atom is -0.469 e. The maximum absolute atomic E-state index is 12.4. The molecular weight excluding hydrogens is 468 g/mol. The summed E-state index contributed by atoms with van der Waals surface area (Å²) in [7, 11) is 1.45. The molecule has 0 aromatic heterocycles. The molecule has 6 heteroatoms. The number of hydrogen-bond acceptors (Lipinski definition) is 6. The van der Waals surface area contributed by atoms with E-state index in [-0.39, 0.29) is 35.5 Å². The Morgan fingerprint density at radius 1 is 1.00 bits per heavy atom. The molecule has 0 aliphatic heterocycles. The molecule has 3 saturated carbocycles. The van der Waals surface area contributed by atoms with Crippen LogP contribution in [0, 0.1) is 52.8 Å². The first-order chi connectivity index (χ1) is 17.6. The number of carbonyl (C=O) groups is 3. The molecule has 3 fully saturated rings. The zero-order valence-electron chi connectivity index (χ0n) is 23.7. The summed E-state index contributed by atoms with van der Waals surface area (Å²) in [4.78, 5) is 35.9. The average Bonchev–Trinajstić information content (AvgIpc) is 3.20. The third-order valence-electron chi connectivity index (χ3n) is 11.0. The van der Waals surface area contributed by atoms with Gasteiger partial charge in [-0.2, -0.15) is 0 Å². The number of rotatable bonds is 6. The van der Waals surface area contributed by atoms with Gasteiger partial charge in [-0.3, -0.25) is 14.4 Å². The second kappa shape index (κ2) is 11.5. The summed E-state index contributed by atoms with van der Waals surface area (Å²) in [5.41, 5.74) is -0.113. The van der Waals surface area contributed by atoms with Crippen LogP contribution in [0.5, 0.6) is 0 Å². The van der Waals surface area contributed by atoms with Gasteiger partial charge in [-0.15, -0.1) is 0 Å². The van der Waals surface area contributed by atoms with E-state index in [2.05, 4.69) is 32.9 Å². The number of allylic oxidation sites excluding steroid dienone is 2. The SMILES string of the molecule is COC(=O)CC[C@@H](C)[C@H]1CC[C@H]2[C@@H]3/C=C\CC4CC[C@@H](OC(C)=O)CC4[C@@H](C)[C@H]3C[C@H](OC(C)=O)[C@]12C. The smallest absolute Gasteiger partial charge is 0.305 e. The minimum atomic E-state index is -0.198. The Morgan fingerprint density at radius 3 is 2.41 bits per heavy atom. The molecule has 4 rings (SSSR count). The van der Waals surface area contributed by atoms with Crippen molar-refractivity contribution in [3.63, 3.8) is 0 Å². The lowest BCUT2D eigenvalue weighted by Crippen LogP contribution is -2.55. The number of carbonyl (C=O) groups excluding carboxylic acids is 3. The molecule has 0 bridgehead atoms. The van der Waals surface area contributed by atoms with Gasteiger partial charge in [-0.1, -0.05) is 32.9 Å². The molecule has 0 aromatic rings. The van der Waals surface area contributed by atoms with Crippen LogP contribution in [-0.2, 0) is 28.6 Å². The van der Waals surface area contributed by atoms with E-state index in [9.17, 15) is 14.4 Å². The van der Waals surface area contributed by atoms with Gasteiger partial charge < -0.3 is 14.2 Å². The standard InChI is InChI=1S/C31H48O6/c1-18(10-15-30(34)35-6)27-13-14-28-24-9-7-8-22-11-12-23(36-20(3)32)16-25(22)19(2)26(24)17-29(31(27,28)5)37-21(4)33/h7,9,18-19,22-29H,8,10-17H2,1-6H3/b9-7-/t18-,19-,22?,23-,24-,25?,26-,27-,28+,29+,31-/m1/s1. The lowest BCUT2D eigenvalue weighted by Gasteiger charge is -2.56. The van der Waals surface area contributed by atoms with Crippen molar-refractivity contribution in [3.8, 4) is 0 Å². The highest BCUT2D eigenvalue weighted by molar-refractivity contribution is 5.69. The lowest BCUT2D eigenvalue weighted by molar-refractivity contribution is -0.174. The number of methoxy groups -OCH3 is 1. The summed E-state index contributed by atoms with van der Waals surface area (Å²) in [5, 5.41) is 0. The van der Waals surface area contributed by atoms with Gasteiger partial charge in [0.1, 0.15) is 12.2 Å². The molecule has 0 amide bonds. The van der Waals surface area contributed by atoms with Crippen LogP contribution < -0.4 is 0 Å². The van der Waals surface area contributed by atoms with E-state index in [4.69, 9.17) is 14.2 Å². The molecule has 4 aliphatic carbocycles. The van der Waals surface area contributed by atoms with E-state index in [1.54, 1.807) is 0 Å². The first-order valence-corrected chi connectivity index (χ1v) is 14.6. The molecule has 0 spiro atoms. The van der Waals surface area contributed by atoms with E-state index in [0.29, 0.717) is 53.8 Å². The first-order valence-electron chi connectivity index (χ1n) is 14.6. The summed E-state index contributed by atoms with van der Waals surface area (Å²) in [6.45, 7) is 10.1. The summed E-state index contributed by atoms with van der Waals surface area (Å²) in [6.07, 6.45) is 13.3. The highest BCUT2D eigenvalue weighted by Crippen LogP contribution is 2.64. The lowest BCUT2D eigenvalue weighted by atomic mass is 9.50. The Balaban J connectivity index is 1.62.